The molecule has 34 heavy (non-hydrogen) atoms. The van der Waals surface area contributed by atoms with Gasteiger partial charge in [-0.1, -0.05) is 53.5 Å². The summed E-state index contributed by atoms with van der Waals surface area (Å²) in [5.41, 5.74) is 6.42. The second kappa shape index (κ2) is 10.1. The van der Waals surface area contributed by atoms with E-state index < -0.39 is 0 Å². The third-order valence-corrected chi connectivity index (χ3v) is 7.18. The van der Waals surface area contributed by atoms with E-state index in [0.717, 1.165) is 38.7 Å². The van der Waals surface area contributed by atoms with Crippen LogP contribution in [-0.2, 0) is 13.2 Å². The second-order valence-corrected chi connectivity index (χ2v) is 9.93. The lowest BCUT2D eigenvalue weighted by atomic mass is 10.1. The first kappa shape index (κ1) is 22.7. The van der Waals surface area contributed by atoms with Gasteiger partial charge in [0.15, 0.2) is 0 Å². The second-order valence-electron chi connectivity index (χ2n) is 8.05. The Labute approximate surface area is 213 Å². The lowest BCUT2D eigenvalue weighted by Gasteiger charge is -2.14. The molecule has 1 aromatic heterocycles. The first-order valence-corrected chi connectivity index (χ1v) is 12.5. The van der Waals surface area contributed by atoms with Gasteiger partial charge in [0, 0.05) is 39.0 Å². The average Bonchev–Trinajstić information content (AvgIpc) is 3.26. The van der Waals surface area contributed by atoms with E-state index in [1.165, 1.54) is 10.3 Å². The van der Waals surface area contributed by atoms with E-state index in [9.17, 15) is 0 Å². The monoisotopic (exact) mass is 504 g/mol. The molecule has 0 unspecified atom stereocenters. The molecule has 0 atom stereocenters. The lowest BCUT2D eigenvalue weighted by Crippen LogP contribution is -2.04. The lowest BCUT2D eigenvalue weighted by molar-refractivity contribution is 0.303. The zero-order chi connectivity index (χ0) is 23.5. The molecule has 1 N–H and O–H groups in total. The summed E-state index contributed by atoms with van der Waals surface area (Å²) in [7, 11) is 0. The van der Waals surface area contributed by atoms with E-state index in [1.54, 1.807) is 17.4 Å². The summed E-state index contributed by atoms with van der Waals surface area (Å²) in [5, 5.41) is 5.74. The van der Waals surface area contributed by atoms with Crippen molar-refractivity contribution in [3.63, 3.8) is 0 Å². The molecule has 0 radical (unpaired) electrons. The van der Waals surface area contributed by atoms with E-state index in [-0.39, 0.29) is 0 Å². The third-order valence-electron chi connectivity index (χ3n) is 5.53. The fourth-order valence-electron chi connectivity index (χ4n) is 3.67. The van der Waals surface area contributed by atoms with Crippen molar-refractivity contribution >= 4 is 50.4 Å². The Kier molecular flexibility index (Phi) is 6.73. The molecule has 0 bridgehead atoms. The Morgan fingerprint density at radius 2 is 1.71 bits per heavy atom. The number of halogens is 2. The minimum atomic E-state index is 0.378. The number of anilines is 1. The fraction of sp³-hybridized carbons (Fsp3) is 0.107. The number of hydrogen-bond acceptors (Lipinski definition) is 4. The number of thiazole rings is 1. The summed E-state index contributed by atoms with van der Waals surface area (Å²) in [6.07, 6.45) is 0. The topological polar surface area (TPSA) is 34.2 Å². The highest BCUT2D eigenvalue weighted by atomic mass is 35.5. The molecule has 6 heteroatoms. The third kappa shape index (κ3) is 5.20. The number of rotatable bonds is 7. The highest BCUT2D eigenvalue weighted by Gasteiger charge is 2.08. The molecule has 3 nitrogen and oxygen atoms in total. The van der Waals surface area contributed by atoms with Crippen LogP contribution in [-0.4, -0.2) is 4.98 Å². The number of nitrogens with one attached hydrogen (secondary N) is 1. The van der Waals surface area contributed by atoms with Crippen LogP contribution >= 0.6 is 34.5 Å². The summed E-state index contributed by atoms with van der Waals surface area (Å²) < 4.78 is 7.29. The molecule has 0 amide bonds. The summed E-state index contributed by atoms with van der Waals surface area (Å²) in [5.74, 6) is 0.822. The van der Waals surface area contributed by atoms with E-state index in [1.807, 2.05) is 30.3 Å². The predicted octanol–water partition coefficient (Wildman–Crippen LogP) is 8.77. The van der Waals surface area contributed by atoms with E-state index >= 15 is 0 Å². The largest absolute Gasteiger partial charge is 0.488 e. The van der Waals surface area contributed by atoms with Crippen molar-refractivity contribution < 1.29 is 4.74 Å². The molecule has 170 valence electrons. The van der Waals surface area contributed by atoms with Crippen molar-refractivity contribution in [1.82, 2.24) is 4.98 Å². The molecule has 0 spiro atoms. The smallest absolute Gasteiger partial charge is 0.124 e. The van der Waals surface area contributed by atoms with Crippen LogP contribution in [0.5, 0.6) is 5.75 Å². The number of hydrogen-bond donors (Lipinski definition) is 1. The molecular weight excluding hydrogens is 483 g/mol. The summed E-state index contributed by atoms with van der Waals surface area (Å²) >= 11 is 14.0. The normalized spacial score (nSPS) is 11.0. The molecule has 0 aliphatic heterocycles. The quantitative estimate of drug-likeness (QED) is 0.240. The molecule has 5 rings (SSSR count). The van der Waals surface area contributed by atoms with Crippen LogP contribution in [0.3, 0.4) is 0 Å². The molecule has 1 heterocycles. The van der Waals surface area contributed by atoms with Gasteiger partial charge in [-0.25, -0.2) is 4.98 Å². The number of aryl methyl sites for hydroxylation is 1. The van der Waals surface area contributed by atoms with Gasteiger partial charge >= 0.3 is 0 Å². The number of fused-ring (bicyclic) bond motifs is 1. The van der Waals surface area contributed by atoms with Crippen molar-refractivity contribution in [2.75, 3.05) is 5.32 Å². The van der Waals surface area contributed by atoms with Gasteiger partial charge in [0.05, 0.1) is 10.2 Å². The Bertz CT molecular complexity index is 1450. The van der Waals surface area contributed by atoms with Crippen LogP contribution in [0.4, 0.5) is 5.69 Å². The molecule has 5 aromatic rings. The number of nitrogens with zero attached hydrogens (tertiary/aromatic N) is 1. The minimum absolute atomic E-state index is 0.378. The van der Waals surface area contributed by atoms with Gasteiger partial charge in [-0.15, -0.1) is 11.3 Å². The first-order valence-electron chi connectivity index (χ1n) is 10.9. The summed E-state index contributed by atoms with van der Waals surface area (Å²) in [6.45, 7) is 3.13. The minimum Gasteiger partial charge on any atom is -0.488 e. The van der Waals surface area contributed by atoms with Crippen molar-refractivity contribution in [2.24, 2.45) is 0 Å². The maximum absolute atomic E-state index is 6.28. The molecule has 0 aliphatic rings. The SMILES string of the molecule is Cc1ccc2nc(-c3ccc(NCc4ccccc4OCc4ccc(Cl)cc4Cl)cc3)sc2c1. The number of ether oxygens (including phenoxy) is 1. The standard InChI is InChI=1S/C28H22Cl2N2OS/c1-18-6-13-25-27(14-18)34-28(32-25)19-8-11-23(12-9-19)31-16-20-4-2-3-5-26(20)33-17-21-7-10-22(29)15-24(21)30/h2-15,31H,16-17H2,1H3. The number of para-hydroxylation sites is 1. The fourth-order valence-corrected chi connectivity index (χ4v) is 5.20. The number of aromatic nitrogens is 1. The zero-order valence-electron chi connectivity index (χ0n) is 18.5. The maximum Gasteiger partial charge on any atom is 0.124 e. The van der Waals surface area contributed by atoms with Gasteiger partial charge in [-0.2, -0.15) is 0 Å². The highest BCUT2D eigenvalue weighted by molar-refractivity contribution is 7.21. The van der Waals surface area contributed by atoms with Crippen LogP contribution in [0.25, 0.3) is 20.8 Å². The Morgan fingerprint density at radius 3 is 2.53 bits per heavy atom. The van der Waals surface area contributed by atoms with Crippen molar-refractivity contribution in [1.29, 1.82) is 0 Å². The number of benzene rings is 4. The molecule has 0 saturated carbocycles. The van der Waals surface area contributed by atoms with Gasteiger partial charge < -0.3 is 10.1 Å². The molecular formula is C28H22Cl2N2OS. The van der Waals surface area contributed by atoms with Crippen molar-refractivity contribution in [3.8, 4) is 16.3 Å². The zero-order valence-corrected chi connectivity index (χ0v) is 20.8. The Balaban J connectivity index is 1.25. The highest BCUT2D eigenvalue weighted by Crippen LogP contribution is 2.31. The molecule has 4 aromatic carbocycles. The molecule has 0 fully saturated rings. The Hall–Kier alpha value is -3.05. The summed E-state index contributed by atoms with van der Waals surface area (Å²) in [4.78, 5) is 4.78. The molecule has 0 aliphatic carbocycles. The summed E-state index contributed by atoms with van der Waals surface area (Å²) in [6, 6.07) is 28.2. The Morgan fingerprint density at radius 1 is 0.882 bits per heavy atom. The van der Waals surface area contributed by atoms with Gasteiger partial charge in [0.1, 0.15) is 17.4 Å². The van der Waals surface area contributed by atoms with Gasteiger partial charge in [0.2, 0.25) is 0 Å². The van der Waals surface area contributed by atoms with Gasteiger partial charge in [-0.3, -0.25) is 0 Å². The van der Waals surface area contributed by atoms with E-state index in [2.05, 4.69) is 60.8 Å². The first-order chi connectivity index (χ1) is 16.5. The van der Waals surface area contributed by atoms with Gasteiger partial charge in [-0.05, 0) is 67.1 Å². The molecule has 0 saturated heterocycles. The van der Waals surface area contributed by atoms with Crippen molar-refractivity contribution in [2.45, 2.75) is 20.1 Å². The maximum atomic E-state index is 6.28. The predicted molar refractivity (Wildman–Crippen MR) is 144 cm³/mol. The average molecular weight is 505 g/mol. The van der Waals surface area contributed by atoms with Gasteiger partial charge in [0.25, 0.3) is 0 Å². The van der Waals surface area contributed by atoms with Crippen molar-refractivity contribution in [3.05, 3.63) is 112 Å². The van der Waals surface area contributed by atoms with Crippen LogP contribution in [0, 0.1) is 6.92 Å². The van der Waals surface area contributed by atoms with Crippen LogP contribution < -0.4 is 10.1 Å². The van der Waals surface area contributed by atoms with Crippen LogP contribution in [0.15, 0.2) is 84.9 Å². The van der Waals surface area contributed by atoms with E-state index in [0.29, 0.717) is 23.2 Å². The van der Waals surface area contributed by atoms with Crippen LogP contribution in [0.1, 0.15) is 16.7 Å². The van der Waals surface area contributed by atoms with E-state index in [4.69, 9.17) is 32.9 Å². The van der Waals surface area contributed by atoms with Crippen LogP contribution in [0.2, 0.25) is 10.0 Å².